The molecule has 18 heteroatoms. The number of sulfone groups is 3. The van der Waals surface area contributed by atoms with E-state index in [4.69, 9.17) is 28.4 Å². The highest BCUT2D eigenvalue weighted by molar-refractivity contribution is 7.92. The zero-order valence-corrected chi connectivity index (χ0v) is 68.0. The second-order valence-corrected chi connectivity index (χ2v) is 35.4. The second kappa shape index (κ2) is 35.0. The van der Waals surface area contributed by atoms with Crippen LogP contribution in [0.4, 0.5) is 0 Å². The van der Waals surface area contributed by atoms with E-state index in [0.717, 1.165) is 88.5 Å². The van der Waals surface area contributed by atoms with Crippen molar-refractivity contribution in [3.05, 3.63) is 353 Å². The molecule has 0 unspecified atom stereocenters. The number of imidazole rings is 1. The van der Waals surface area contributed by atoms with Gasteiger partial charge >= 0.3 is 0 Å². The molecule has 0 amide bonds. The zero-order valence-electron chi connectivity index (χ0n) is 65.6. The van der Waals surface area contributed by atoms with Gasteiger partial charge in [0.05, 0.1) is 49.9 Å². The zero-order chi connectivity index (χ0) is 80.1. The Balaban J connectivity index is 0.000000217. The van der Waals surface area contributed by atoms with Crippen molar-refractivity contribution < 1.29 is 53.7 Å². The maximum atomic E-state index is 13.7. The Morgan fingerprint density at radius 1 is 0.354 bits per heavy atom. The molecule has 0 aliphatic carbocycles. The van der Waals surface area contributed by atoms with Gasteiger partial charge in [0.1, 0.15) is 57.5 Å². The number of methoxy groups -OCH3 is 2. The summed E-state index contributed by atoms with van der Waals surface area (Å²) in [6, 6.07) is 84.2. The molecule has 0 bridgehead atoms. The summed E-state index contributed by atoms with van der Waals surface area (Å²) in [7, 11) is -7.64. The van der Waals surface area contributed by atoms with Crippen LogP contribution < -0.4 is 33.7 Å². The minimum absolute atomic E-state index is 0.175. The van der Waals surface area contributed by atoms with Crippen molar-refractivity contribution in [2.45, 2.75) is 140 Å². The van der Waals surface area contributed by atoms with E-state index in [9.17, 15) is 25.3 Å². The maximum absolute atomic E-state index is 13.7. The highest BCUT2D eigenvalue weighted by Crippen LogP contribution is 2.41. The van der Waals surface area contributed by atoms with Crippen LogP contribution in [-0.2, 0) is 65.3 Å². The third-order valence-electron chi connectivity index (χ3n) is 20.6. The number of nitrogens with one attached hydrogen (secondary N) is 1. The number of ether oxygens (including phenoxy) is 6. The summed E-state index contributed by atoms with van der Waals surface area (Å²) >= 11 is 0. The van der Waals surface area contributed by atoms with Crippen LogP contribution in [0.5, 0.6) is 57.5 Å². The maximum Gasteiger partial charge on any atom is 0.206 e. The molecular weight excluding hydrogens is 1470 g/mol. The molecule has 0 fully saturated rings. The number of aromatic nitrogens is 2. The summed E-state index contributed by atoms with van der Waals surface area (Å²) in [4.78, 5) is 5.40. The minimum atomic E-state index is -3.79. The molecule has 12 aromatic carbocycles. The van der Waals surface area contributed by atoms with Gasteiger partial charge in [-0.3, -0.25) is 0 Å². The van der Waals surface area contributed by atoms with Gasteiger partial charge in [-0.25, -0.2) is 30.2 Å². The molecule has 0 atom stereocenters. The van der Waals surface area contributed by atoms with E-state index in [1.54, 1.807) is 166 Å². The van der Waals surface area contributed by atoms with Crippen LogP contribution >= 0.6 is 0 Å². The van der Waals surface area contributed by atoms with Crippen molar-refractivity contribution >= 4 is 29.5 Å². The van der Waals surface area contributed by atoms with Crippen LogP contribution in [0.1, 0.15) is 117 Å². The van der Waals surface area contributed by atoms with Gasteiger partial charge in [0, 0.05) is 47.3 Å². The standard InChI is InChI=1S/C54H59N3O6S.C41H36O6S2/c1-8-10-39-35-43(53(2,3)41-11-17-45(60-6)18-12-41)16-30-52(39)63-48-23-27-50(28-24-48)64(58,59)49-25-21-47(22-26-49)62-46-19-13-42(14-20-46)54(4,5)44-15-29-51(61-7)40(36-44)37-55-31-9-33-57-34-32-56-38-57;1-29-5-21-37(22-6-29)48(42,43)39-25-17-35(18-26-39)46-33-13-9-31(10-14-33)41(3,4)32-11-15-34(16-12-32)47-36-19-27-40(28-20-36)49(44,45)38-23-7-30(2)8-24-38/h11-30,32,34-36,38,55H,8-10,31,33,37H2,1-7H3;5-28H,1-4H3. The molecule has 0 saturated carbocycles. The molecular formula is C95H95N3O12S3. The van der Waals surface area contributed by atoms with Crippen molar-refractivity contribution in [1.82, 2.24) is 14.9 Å². The van der Waals surface area contributed by atoms with E-state index in [0.29, 0.717) is 46.8 Å². The molecule has 13 aromatic rings. The van der Waals surface area contributed by atoms with Gasteiger partial charge in [0.15, 0.2) is 0 Å². The van der Waals surface area contributed by atoms with E-state index < -0.39 is 29.5 Å². The van der Waals surface area contributed by atoms with Gasteiger partial charge in [-0.15, -0.1) is 0 Å². The fourth-order valence-electron chi connectivity index (χ4n) is 13.3. The molecule has 1 aromatic heterocycles. The molecule has 0 aliphatic rings. The largest absolute Gasteiger partial charge is 0.497 e. The lowest BCUT2D eigenvalue weighted by atomic mass is 9.77. The predicted octanol–water partition coefficient (Wildman–Crippen LogP) is 22.0. The highest BCUT2D eigenvalue weighted by atomic mass is 32.2. The number of benzene rings is 12. The van der Waals surface area contributed by atoms with E-state index in [1.165, 1.54) is 16.7 Å². The molecule has 13 rings (SSSR count). The fourth-order valence-corrected chi connectivity index (χ4v) is 17.1. The van der Waals surface area contributed by atoms with E-state index in [1.807, 2.05) is 111 Å². The fraction of sp³-hybridized carbons (Fsp3) is 0.211. The third-order valence-corrected chi connectivity index (χ3v) is 26.0. The minimum Gasteiger partial charge on any atom is -0.497 e. The summed E-state index contributed by atoms with van der Waals surface area (Å²) in [5.41, 5.74) is 10.2. The Bertz CT molecular complexity index is 5540. The van der Waals surface area contributed by atoms with Crippen molar-refractivity contribution in [1.29, 1.82) is 0 Å². The van der Waals surface area contributed by atoms with Crippen LogP contribution in [0, 0.1) is 13.8 Å². The summed E-state index contributed by atoms with van der Waals surface area (Å²) < 4.78 is 117. The topological polar surface area (TPSA) is 188 Å². The van der Waals surface area contributed by atoms with E-state index in [-0.39, 0.29) is 45.6 Å². The number of rotatable bonds is 30. The number of hydrogen-bond acceptors (Lipinski definition) is 14. The lowest BCUT2D eigenvalue weighted by molar-refractivity contribution is 0.406. The molecule has 15 nitrogen and oxygen atoms in total. The second-order valence-electron chi connectivity index (χ2n) is 29.5. The van der Waals surface area contributed by atoms with Crippen molar-refractivity contribution in [3.63, 3.8) is 0 Å². The van der Waals surface area contributed by atoms with Gasteiger partial charge in [-0.2, -0.15) is 0 Å². The van der Waals surface area contributed by atoms with Gasteiger partial charge in [0.2, 0.25) is 29.5 Å². The normalized spacial score (nSPS) is 12.0. The highest BCUT2D eigenvalue weighted by Gasteiger charge is 2.29. The van der Waals surface area contributed by atoms with E-state index >= 15 is 0 Å². The number of nitrogens with zero attached hydrogens (tertiary/aromatic N) is 2. The first-order chi connectivity index (χ1) is 54.1. The van der Waals surface area contributed by atoms with Gasteiger partial charge < -0.3 is 38.3 Å². The molecule has 0 saturated heterocycles. The van der Waals surface area contributed by atoms with Gasteiger partial charge in [-0.1, -0.05) is 157 Å². The van der Waals surface area contributed by atoms with Crippen molar-refractivity contribution in [2.24, 2.45) is 0 Å². The lowest BCUT2D eigenvalue weighted by Gasteiger charge is -2.27. The Morgan fingerprint density at radius 3 is 0.982 bits per heavy atom. The Labute approximate surface area is 665 Å². The molecule has 0 aliphatic heterocycles. The average Bonchev–Trinajstić information content (AvgIpc) is 1.22. The lowest BCUT2D eigenvalue weighted by Crippen LogP contribution is -2.21. The SMILES string of the molecule is CCCc1cc(C(C)(C)c2ccc(OC)cc2)ccc1Oc1ccc(S(=O)(=O)c2ccc(Oc3ccc(C(C)(C)c4ccc(OC)c(CNCCCn5ccnc5)c4)cc3)cc2)cc1.Cc1ccc(S(=O)(=O)c2ccc(Oc3ccc(C(C)(C)c4ccc(Oc5ccc(S(=O)(=O)c6ccc(C)cc6)cc5)cc4)cc3)cc2)cc1. The Kier molecular flexibility index (Phi) is 25.1. The molecule has 0 spiro atoms. The first-order valence-electron chi connectivity index (χ1n) is 37.6. The summed E-state index contributed by atoms with van der Waals surface area (Å²) in [5.74, 6) is 6.53. The van der Waals surface area contributed by atoms with Crippen LogP contribution in [0.3, 0.4) is 0 Å². The van der Waals surface area contributed by atoms with Crippen LogP contribution in [0.15, 0.2) is 327 Å². The van der Waals surface area contributed by atoms with Crippen LogP contribution in [-0.4, -0.2) is 55.6 Å². The number of hydrogen-bond donors (Lipinski definition) is 1. The molecule has 1 N–H and O–H groups in total. The van der Waals surface area contributed by atoms with E-state index in [2.05, 4.69) is 112 Å². The molecule has 113 heavy (non-hydrogen) atoms. The summed E-state index contributed by atoms with van der Waals surface area (Å²) in [6.07, 6.45) is 8.41. The molecule has 0 radical (unpaired) electrons. The summed E-state index contributed by atoms with van der Waals surface area (Å²) in [5, 5.41) is 3.56. The quantitative estimate of drug-likeness (QED) is 0.0419. The predicted molar refractivity (Wildman–Crippen MR) is 445 cm³/mol. The van der Waals surface area contributed by atoms with Gasteiger partial charge in [0.25, 0.3) is 0 Å². The number of aryl methyl sites for hydroxylation is 4. The molecule has 1 heterocycles. The smallest absolute Gasteiger partial charge is 0.206 e. The Hall–Kier alpha value is -11.5. The monoisotopic (exact) mass is 1570 g/mol. The molecule has 580 valence electrons. The Morgan fingerprint density at radius 2 is 0.655 bits per heavy atom. The first-order valence-corrected chi connectivity index (χ1v) is 42.0. The third kappa shape index (κ3) is 19.3. The summed E-state index contributed by atoms with van der Waals surface area (Å²) in [6.45, 7) is 21.6. The van der Waals surface area contributed by atoms with Crippen LogP contribution in [0.2, 0.25) is 0 Å². The van der Waals surface area contributed by atoms with Gasteiger partial charge in [-0.05, 0) is 260 Å². The van der Waals surface area contributed by atoms with Crippen LogP contribution in [0.25, 0.3) is 0 Å². The van der Waals surface area contributed by atoms with Crippen molar-refractivity contribution in [2.75, 3.05) is 20.8 Å². The first kappa shape index (κ1) is 81.0. The van der Waals surface area contributed by atoms with Crippen molar-refractivity contribution in [3.8, 4) is 57.5 Å². The average molecular weight is 1570 g/mol.